The molecule has 1 aliphatic rings. The standard InChI is InChI=1S/C19H13Br2N3O6S/c20-13-5-11(7-15-18(26)23(8-16(22)25)19(27)31-15)6-14(21)17(13)30-9-10-1-3-12(4-2-10)24(28)29/h1-7H,8-9H2,(H2,22,25)/b15-7-. The average Bonchev–Trinajstić information content (AvgIpc) is 2.94. The van der Waals surface area contributed by atoms with Crippen molar-refractivity contribution in [2.75, 3.05) is 6.54 Å². The number of hydrogen-bond donors (Lipinski definition) is 1. The number of thioether (sulfide) groups is 1. The third kappa shape index (κ3) is 5.51. The maximum absolute atomic E-state index is 12.3. The van der Waals surface area contributed by atoms with E-state index < -0.39 is 28.5 Å². The third-order valence-corrected chi connectivity index (χ3v) is 6.12. The first-order valence-corrected chi connectivity index (χ1v) is 10.9. The quantitative estimate of drug-likeness (QED) is 0.299. The molecule has 1 aliphatic heterocycles. The number of ether oxygens (including phenoxy) is 1. The predicted octanol–water partition coefficient (Wildman–Crippen LogP) is 4.22. The van der Waals surface area contributed by atoms with E-state index in [9.17, 15) is 24.5 Å². The summed E-state index contributed by atoms with van der Waals surface area (Å²) in [4.78, 5) is 46.5. The number of primary amides is 1. The lowest BCUT2D eigenvalue weighted by Gasteiger charge is -2.12. The highest BCUT2D eigenvalue weighted by molar-refractivity contribution is 9.11. The summed E-state index contributed by atoms with van der Waals surface area (Å²) in [7, 11) is 0. The van der Waals surface area contributed by atoms with Crippen molar-refractivity contribution >= 4 is 72.4 Å². The lowest BCUT2D eigenvalue weighted by molar-refractivity contribution is -0.384. The zero-order valence-electron chi connectivity index (χ0n) is 15.5. The number of benzene rings is 2. The van der Waals surface area contributed by atoms with Gasteiger partial charge in [0.25, 0.3) is 16.8 Å². The van der Waals surface area contributed by atoms with Gasteiger partial charge in [-0.05, 0) is 85.1 Å². The number of carbonyl (C=O) groups is 3. The summed E-state index contributed by atoms with van der Waals surface area (Å²) in [5, 5.41) is 10.2. The first kappa shape index (κ1) is 23.0. The normalized spacial score (nSPS) is 14.9. The van der Waals surface area contributed by atoms with E-state index in [0.717, 1.165) is 22.2 Å². The van der Waals surface area contributed by atoms with Crippen LogP contribution in [0.3, 0.4) is 0 Å². The number of amides is 3. The maximum Gasteiger partial charge on any atom is 0.294 e. The number of halogens is 2. The second-order valence-corrected chi connectivity index (χ2v) is 8.96. The number of imide groups is 1. The molecule has 0 unspecified atom stereocenters. The first-order valence-electron chi connectivity index (χ1n) is 8.54. The number of nitrogens with two attached hydrogens (primary N) is 1. The molecule has 0 spiro atoms. The van der Waals surface area contributed by atoms with Crippen LogP contribution in [0.2, 0.25) is 0 Å². The molecule has 2 aromatic carbocycles. The van der Waals surface area contributed by atoms with Gasteiger partial charge in [0, 0.05) is 12.1 Å². The molecule has 0 bridgehead atoms. The van der Waals surface area contributed by atoms with Crippen LogP contribution in [0.1, 0.15) is 11.1 Å². The molecule has 12 heteroatoms. The number of nitro groups is 1. The van der Waals surface area contributed by atoms with Gasteiger partial charge in [0.05, 0.1) is 18.8 Å². The van der Waals surface area contributed by atoms with Gasteiger partial charge in [-0.25, -0.2) is 0 Å². The molecular formula is C19H13Br2N3O6S. The largest absolute Gasteiger partial charge is 0.487 e. The van der Waals surface area contributed by atoms with Gasteiger partial charge in [0.15, 0.2) is 0 Å². The van der Waals surface area contributed by atoms with Gasteiger partial charge in [-0.15, -0.1) is 0 Å². The summed E-state index contributed by atoms with van der Waals surface area (Å²) in [5.41, 5.74) is 6.43. The Balaban J connectivity index is 1.75. The number of rotatable bonds is 7. The van der Waals surface area contributed by atoms with E-state index in [1.54, 1.807) is 24.3 Å². The Labute approximate surface area is 197 Å². The fraction of sp³-hybridized carbons (Fsp3) is 0.105. The fourth-order valence-electron chi connectivity index (χ4n) is 2.61. The Morgan fingerprint density at radius 1 is 1.19 bits per heavy atom. The van der Waals surface area contributed by atoms with Crippen LogP contribution in [-0.2, 0) is 16.2 Å². The smallest absolute Gasteiger partial charge is 0.294 e. The number of non-ortho nitro benzene ring substituents is 1. The van der Waals surface area contributed by atoms with Crippen molar-refractivity contribution in [3.05, 3.63) is 71.5 Å². The van der Waals surface area contributed by atoms with Gasteiger partial charge in [-0.3, -0.25) is 29.4 Å². The molecule has 2 aromatic rings. The molecule has 0 atom stereocenters. The van der Waals surface area contributed by atoms with Crippen LogP contribution in [-0.4, -0.2) is 33.4 Å². The van der Waals surface area contributed by atoms with Crippen molar-refractivity contribution in [2.45, 2.75) is 6.61 Å². The van der Waals surface area contributed by atoms with E-state index in [1.165, 1.54) is 18.2 Å². The summed E-state index contributed by atoms with van der Waals surface area (Å²) in [6.07, 6.45) is 1.53. The van der Waals surface area contributed by atoms with Gasteiger partial charge in [-0.2, -0.15) is 0 Å². The Hall–Kier alpha value is -2.70. The van der Waals surface area contributed by atoms with E-state index in [2.05, 4.69) is 31.9 Å². The minimum Gasteiger partial charge on any atom is -0.487 e. The monoisotopic (exact) mass is 569 g/mol. The predicted molar refractivity (Wildman–Crippen MR) is 121 cm³/mol. The van der Waals surface area contributed by atoms with Crippen LogP contribution in [0, 0.1) is 10.1 Å². The molecular weight excluding hydrogens is 558 g/mol. The molecule has 1 fully saturated rings. The van der Waals surface area contributed by atoms with Crippen LogP contribution in [0.5, 0.6) is 5.75 Å². The van der Waals surface area contributed by atoms with Crippen molar-refractivity contribution in [1.82, 2.24) is 4.90 Å². The summed E-state index contributed by atoms with van der Waals surface area (Å²) < 4.78 is 6.99. The molecule has 31 heavy (non-hydrogen) atoms. The summed E-state index contributed by atoms with van der Waals surface area (Å²) in [6.45, 7) is -0.286. The minimum absolute atomic E-state index is 0.00398. The van der Waals surface area contributed by atoms with Crippen LogP contribution >= 0.6 is 43.6 Å². The van der Waals surface area contributed by atoms with Crippen LogP contribution in [0.4, 0.5) is 10.5 Å². The molecule has 3 rings (SSSR count). The van der Waals surface area contributed by atoms with Crippen LogP contribution < -0.4 is 10.5 Å². The first-order chi connectivity index (χ1) is 14.7. The summed E-state index contributed by atoms with van der Waals surface area (Å²) in [5.74, 6) is -0.861. The van der Waals surface area contributed by atoms with Gasteiger partial charge >= 0.3 is 0 Å². The van der Waals surface area contributed by atoms with E-state index in [1.807, 2.05) is 0 Å². The molecule has 0 radical (unpaired) electrons. The van der Waals surface area contributed by atoms with Crippen molar-refractivity contribution < 1.29 is 24.0 Å². The molecule has 1 heterocycles. The molecule has 2 N–H and O–H groups in total. The second kappa shape index (κ2) is 9.62. The molecule has 3 amide bonds. The number of carbonyl (C=O) groups excluding carboxylic acids is 3. The van der Waals surface area contributed by atoms with Gasteiger partial charge < -0.3 is 10.5 Å². The third-order valence-electron chi connectivity index (χ3n) is 4.04. The van der Waals surface area contributed by atoms with E-state index in [4.69, 9.17) is 10.5 Å². The van der Waals surface area contributed by atoms with Crippen LogP contribution in [0.25, 0.3) is 6.08 Å². The molecule has 160 valence electrons. The number of nitro benzene ring substituents is 1. The highest BCUT2D eigenvalue weighted by Gasteiger charge is 2.35. The van der Waals surface area contributed by atoms with E-state index >= 15 is 0 Å². The van der Waals surface area contributed by atoms with Crippen molar-refractivity contribution in [3.8, 4) is 5.75 Å². The summed E-state index contributed by atoms with van der Waals surface area (Å²) >= 11 is 7.56. The molecule has 1 saturated heterocycles. The molecule has 0 saturated carbocycles. The molecule has 0 aromatic heterocycles. The summed E-state index contributed by atoms with van der Waals surface area (Å²) in [6, 6.07) is 9.43. The Kier molecular flexibility index (Phi) is 7.13. The Morgan fingerprint density at radius 2 is 1.81 bits per heavy atom. The number of nitrogens with zero attached hydrogens (tertiary/aromatic N) is 2. The fourth-order valence-corrected chi connectivity index (χ4v) is 4.90. The molecule has 9 nitrogen and oxygen atoms in total. The van der Waals surface area contributed by atoms with E-state index in [-0.39, 0.29) is 17.2 Å². The lowest BCUT2D eigenvalue weighted by atomic mass is 10.2. The highest BCUT2D eigenvalue weighted by Crippen LogP contribution is 2.38. The average molecular weight is 571 g/mol. The number of hydrogen-bond acceptors (Lipinski definition) is 7. The van der Waals surface area contributed by atoms with Gasteiger partial charge in [-0.1, -0.05) is 0 Å². The highest BCUT2D eigenvalue weighted by atomic mass is 79.9. The maximum atomic E-state index is 12.3. The zero-order valence-corrected chi connectivity index (χ0v) is 19.5. The molecule has 0 aliphatic carbocycles. The van der Waals surface area contributed by atoms with E-state index in [0.29, 0.717) is 20.3 Å². The lowest BCUT2D eigenvalue weighted by Crippen LogP contribution is -2.36. The van der Waals surface area contributed by atoms with Crippen molar-refractivity contribution in [2.24, 2.45) is 5.73 Å². The van der Waals surface area contributed by atoms with Gasteiger partial charge in [0.1, 0.15) is 18.9 Å². The second-order valence-electron chi connectivity index (χ2n) is 6.26. The minimum atomic E-state index is -0.774. The van der Waals surface area contributed by atoms with Crippen molar-refractivity contribution in [1.29, 1.82) is 0 Å². The van der Waals surface area contributed by atoms with Crippen LogP contribution in [0.15, 0.2) is 50.2 Å². The topological polar surface area (TPSA) is 133 Å². The Bertz CT molecular complexity index is 1100. The van der Waals surface area contributed by atoms with Crippen molar-refractivity contribution in [3.63, 3.8) is 0 Å². The zero-order chi connectivity index (χ0) is 22.7. The SMILES string of the molecule is NC(=O)CN1C(=O)S/C(=C\c2cc(Br)c(OCc3ccc([N+](=O)[O-])cc3)c(Br)c2)C1=O. The van der Waals surface area contributed by atoms with Gasteiger partial charge in [0.2, 0.25) is 5.91 Å². The Morgan fingerprint density at radius 3 is 2.35 bits per heavy atom.